The van der Waals surface area contributed by atoms with Crippen molar-refractivity contribution in [2.24, 2.45) is 0 Å². The fraction of sp³-hybridized carbons (Fsp3) is 0.167. The predicted octanol–water partition coefficient (Wildman–Crippen LogP) is 2.83. The number of hydrogen-bond donors (Lipinski definition) is 0. The Hall–Kier alpha value is -1.18. The second kappa shape index (κ2) is 3.91. The summed E-state index contributed by atoms with van der Waals surface area (Å²) in [4.78, 5) is 12.2. The quantitative estimate of drug-likeness (QED) is 0.472. The third kappa shape index (κ3) is 2.00. The van der Waals surface area contributed by atoms with Gasteiger partial charge in [-0.1, -0.05) is 0 Å². The molecule has 0 aromatic carbocycles. The Morgan fingerprint density at radius 3 is 2.57 bits per heavy atom. The average molecular weight is 271 g/mol. The predicted molar refractivity (Wildman–Crippen MR) is 43.5 cm³/mol. The van der Waals surface area contributed by atoms with Crippen LogP contribution >= 0.6 is 15.9 Å². The van der Waals surface area contributed by atoms with Crippen molar-refractivity contribution in [1.29, 1.82) is 0 Å². The van der Waals surface area contributed by atoms with Gasteiger partial charge >= 0.3 is 0 Å². The van der Waals surface area contributed by atoms with E-state index in [1.807, 2.05) is 0 Å². The fourth-order valence-corrected chi connectivity index (χ4v) is 1.21. The second-order valence-electron chi connectivity index (χ2n) is 2.23. The van der Waals surface area contributed by atoms with E-state index in [1.165, 1.54) is 0 Å². The third-order valence-corrected chi connectivity index (χ3v) is 1.78. The number of alkyl halides is 2. The standard InChI is InChI=1S/C6H2BrF3N2O2/c7-3-1-2(12(13)14)4(5(8)9)6(10)11-3/h1,5H. The van der Waals surface area contributed by atoms with Crippen LogP contribution in [0.25, 0.3) is 0 Å². The molecule has 0 radical (unpaired) electrons. The Morgan fingerprint density at radius 1 is 1.57 bits per heavy atom. The number of rotatable bonds is 2. The van der Waals surface area contributed by atoms with E-state index in [0.717, 1.165) is 6.07 Å². The Labute approximate surface area is 84.0 Å². The van der Waals surface area contributed by atoms with Gasteiger partial charge in [-0.2, -0.15) is 4.39 Å². The highest BCUT2D eigenvalue weighted by Gasteiger charge is 2.27. The summed E-state index contributed by atoms with van der Waals surface area (Å²) in [5, 5.41) is 10.3. The summed E-state index contributed by atoms with van der Waals surface area (Å²) in [6.07, 6.45) is -3.27. The topological polar surface area (TPSA) is 56.0 Å². The van der Waals surface area contributed by atoms with Gasteiger partial charge in [0.2, 0.25) is 5.95 Å². The zero-order chi connectivity index (χ0) is 10.9. The monoisotopic (exact) mass is 270 g/mol. The smallest absolute Gasteiger partial charge is 0.258 e. The average Bonchev–Trinajstić information content (AvgIpc) is 2.01. The molecule has 1 aromatic rings. The van der Waals surface area contributed by atoms with E-state index in [9.17, 15) is 23.3 Å². The third-order valence-electron chi connectivity index (χ3n) is 1.37. The SMILES string of the molecule is O=[N+]([O-])c1cc(Br)nc(F)c1C(F)F. The van der Waals surface area contributed by atoms with Crippen molar-refractivity contribution in [2.45, 2.75) is 6.43 Å². The van der Waals surface area contributed by atoms with E-state index in [-0.39, 0.29) is 4.60 Å². The normalized spacial score (nSPS) is 10.6. The molecule has 0 atom stereocenters. The molecule has 0 spiro atoms. The molecule has 0 saturated heterocycles. The zero-order valence-corrected chi connectivity index (χ0v) is 7.96. The first-order valence-electron chi connectivity index (χ1n) is 3.22. The lowest BCUT2D eigenvalue weighted by Gasteiger charge is -2.02. The Morgan fingerprint density at radius 2 is 2.14 bits per heavy atom. The van der Waals surface area contributed by atoms with E-state index in [1.54, 1.807) is 0 Å². The molecule has 76 valence electrons. The van der Waals surface area contributed by atoms with Crippen LogP contribution in [0.15, 0.2) is 10.7 Å². The molecule has 1 heterocycles. The van der Waals surface area contributed by atoms with Gasteiger partial charge in [-0.3, -0.25) is 10.1 Å². The largest absolute Gasteiger partial charge is 0.285 e. The van der Waals surface area contributed by atoms with Gasteiger partial charge in [0.15, 0.2) is 5.56 Å². The van der Waals surface area contributed by atoms with Crippen LogP contribution in [0.3, 0.4) is 0 Å². The molecular formula is C6H2BrF3N2O2. The molecule has 0 N–H and O–H groups in total. The maximum atomic E-state index is 12.8. The minimum atomic E-state index is -3.27. The molecule has 1 rings (SSSR count). The Balaban J connectivity index is 3.44. The Bertz CT molecular complexity index is 386. The van der Waals surface area contributed by atoms with E-state index in [2.05, 4.69) is 20.9 Å². The summed E-state index contributed by atoms with van der Waals surface area (Å²) >= 11 is 2.66. The van der Waals surface area contributed by atoms with Gasteiger partial charge in [-0.25, -0.2) is 13.8 Å². The Kier molecular flexibility index (Phi) is 3.04. The van der Waals surface area contributed by atoms with Crippen molar-refractivity contribution in [3.05, 3.63) is 32.3 Å². The number of pyridine rings is 1. The number of halogens is 4. The van der Waals surface area contributed by atoms with Crippen LogP contribution in [0.2, 0.25) is 0 Å². The first-order chi connectivity index (χ1) is 6.43. The van der Waals surface area contributed by atoms with E-state index < -0.39 is 28.5 Å². The molecular weight excluding hydrogens is 269 g/mol. The molecule has 0 amide bonds. The van der Waals surface area contributed by atoms with E-state index >= 15 is 0 Å². The number of aromatic nitrogens is 1. The number of nitro groups is 1. The number of nitrogens with zero attached hydrogens (tertiary/aromatic N) is 2. The van der Waals surface area contributed by atoms with Gasteiger partial charge in [-0.15, -0.1) is 0 Å². The molecule has 0 aliphatic rings. The van der Waals surface area contributed by atoms with E-state index in [0.29, 0.717) is 0 Å². The molecule has 4 nitrogen and oxygen atoms in total. The summed E-state index contributed by atoms with van der Waals surface area (Å²) < 4.78 is 37.0. The lowest BCUT2D eigenvalue weighted by atomic mass is 10.2. The van der Waals surface area contributed by atoms with Gasteiger partial charge < -0.3 is 0 Å². The van der Waals surface area contributed by atoms with Gasteiger partial charge in [-0.05, 0) is 15.9 Å². The molecule has 8 heteroatoms. The molecule has 0 aliphatic heterocycles. The molecule has 14 heavy (non-hydrogen) atoms. The maximum Gasteiger partial charge on any atom is 0.285 e. The minimum absolute atomic E-state index is 0.203. The van der Waals surface area contributed by atoms with Crippen molar-refractivity contribution >= 4 is 21.6 Å². The molecule has 0 aliphatic carbocycles. The van der Waals surface area contributed by atoms with Gasteiger partial charge in [0.05, 0.1) is 4.92 Å². The number of hydrogen-bond acceptors (Lipinski definition) is 3. The second-order valence-corrected chi connectivity index (χ2v) is 3.04. The highest BCUT2D eigenvalue weighted by atomic mass is 79.9. The van der Waals surface area contributed by atoms with Gasteiger partial charge in [0, 0.05) is 6.07 Å². The van der Waals surface area contributed by atoms with Gasteiger partial charge in [0.25, 0.3) is 12.1 Å². The van der Waals surface area contributed by atoms with E-state index in [4.69, 9.17) is 0 Å². The molecule has 0 saturated carbocycles. The molecule has 0 fully saturated rings. The van der Waals surface area contributed by atoms with Crippen LogP contribution in [0, 0.1) is 16.1 Å². The molecule has 0 unspecified atom stereocenters. The van der Waals surface area contributed by atoms with Gasteiger partial charge in [0.1, 0.15) is 4.60 Å². The first-order valence-corrected chi connectivity index (χ1v) is 4.01. The van der Waals surface area contributed by atoms with Crippen molar-refractivity contribution in [3.63, 3.8) is 0 Å². The van der Waals surface area contributed by atoms with Crippen molar-refractivity contribution in [1.82, 2.24) is 4.98 Å². The highest BCUT2D eigenvalue weighted by Crippen LogP contribution is 2.32. The summed E-state index contributed by atoms with van der Waals surface area (Å²) in [6, 6.07) is 0.727. The minimum Gasteiger partial charge on any atom is -0.258 e. The van der Waals surface area contributed by atoms with Crippen LogP contribution < -0.4 is 0 Å². The van der Waals surface area contributed by atoms with Crippen molar-refractivity contribution in [2.75, 3.05) is 0 Å². The van der Waals surface area contributed by atoms with Crippen molar-refractivity contribution < 1.29 is 18.1 Å². The van der Waals surface area contributed by atoms with Crippen LogP contribution in [0.1, 0.15) is 12.0 Å². The van der Waals surface area contributed by atoms with Crippen LogP contribution in [0.4, 0.5) is 18.9 Å². The van der Waals surface area contributed by atoms with Crippen LogP contribution in [-0.2, 0) is 0 Å². The summed E-state index contributed by atoms with van der Waals surface area (Å²) in [5.41, 5.74) is -2.28. The summed E-state index contributed by atoms with van der Waals surface area (Å²) in [5.74, 6) is -1.54. The maximum absolute atomic E-state index is 12.8. The van der Waals surface area contributed by atoms with Crippen molar-refractivity contribution in [3.8, 4) is 0 Å². The first kappa shape index (κ1) is 10.9. The van der Waals surface area contributed by atoms with Crippen LogP contribution in [-0.4, -0.2) is 9.91 Å². The highest BCUT2D eigenvalue weighted by molar-refractivity contribution is 9.10. The summed E-state index contributed by atoms with van der Waals surface area (Å²) in [6.45, 7) is 0. The van der Waals surface area contributed by atoms with Crippen LogP contribution in [0.5, 0.6) is 0 Å². The summed E-state index contributed by atoms with van der Waals surface area (Å²) in [7, 11) is 0. The lowest BCUT2D eigenvalue weighted by Crippen LogP contribution is -2.02. The zero-order valence-electron chi connectivity index (χ0n) is 6.38. The fourth-order valence-electron chi connectivity index (χ4n) is 0.835. The molecule has 0 bridgehead atoms. The lowest BCUT2D eigenvalue weighted by molar-refractivity contribution is -0.386. The molecule has 1 aromatic heterocycles.